The van der Waals surface area contributed by atoms with Crippen molar-refractivity contribution in [2.45, 2.75) is 6.92 Å². The Labute approximate surface area is 30.7 Å². The average Bonchev–Trinajstić information content (AvgIpc) is 1.38. The number of rotatable bonds is 0. The van der Waals surface area contributed by atoms with Crippen molar-refractivity contribution in [1.82, 2.24) is 0 Å². The maximum atomic E-state index is 9.59. The van der Waals surface area contributed by atoms with Gasteiger partial charge in [-0.15, -0.1) is 0 Å². The summed E-state index contributed by atoms with van der Waals surface area (Å²) in [7, 11) is 1.35. The minimum atomic E-state index is -0.245. The van der Waals surface area contributed by atoms with Crippen molar-refractivity contribution in [3.8, 4) is 0 Å². The fraction of sp³-hybridized carbons (Fsp3) is 0.667. The molecule has 0 aliphatic heterocycles. The molecule has 0 fully saturated rings. The highest BCUT2D eigenvalue weighted by Gasteiger charge is 1.75. The Morgan fingerprint density at radius 1 is 1.80 bits per heavy atom. The van der Waals surface area contributed by atoms with Crippen molar-refractivity contribution in [3.63, 3.8) is 0 Å². The SMILES string of the molecule is COC([13CH3])=O. The third-order valence-corrected chi connectivity index (χ3v) is 0.287. The predicted molar refractivity (Wildman–Crippen MR) is 17.7 cm³/mol. The Morgan fingerprint density at radius 2 is 2.00 bits per heavy atom. The van der Waals surface area contributed by atoms with E-state index in [1.54, 1.807) is 0 Å². The van der Waals surface area contributed by atoms with E-state index in [0.717, 1.165) is 0 Å². The molecule has 0 heterocycles. The van der Waals surface area contributed by atoms with Crippen LogP contribution in [0, 0.1) is 0 Å². The number of esters is 1. The molecule has 0 unspecified atom stereocenters. The summed E-state index contributed by atoms with van der Waals surface area (Å²) in [5.41, 5.74) is 0. The van der Waals surface area contributed by atoms with Crippen molar-refractivity contribution in [2.75, 3.05) is 7.11 Å². The van der Waals surface area contributed by atoms with Gasteiger partial charge < -0.3 is 4.74 Å². The highest BCUT2D eigenvalue weighted by Crippen LogP contribution is 1.60. The van der Waals surface area contributed by atoms with Crippen LogP contribution in [0.2, 0.25) is 0 Å². The highest BCUT2D eigenvalue weighted by atomic mass is 16.5. The van der Waals surface area contributed by atoms with Gasteiger partial charge in [0.2, 0.25) is 0 Å². The van der Waals surface area contributed by atoms with Crippen LogP contribution in [-0.4, -0.2) is 13.1 Å². The van der Waals surface area contributed by atoms with Gasteiger partial charge in [0.05, 0.1) is 7.11 Å². The lowest BCUT2D eigenvalue weighted by Gasteiger charge is -1.80. The fourth-order valence-electron chi connectivity index (χ4n) is 0. The van der Waals surface area contributed by atoms with Crippen molar-refractivity contribution in [3.05, 3.63) is 0 Å². The van der Waals surface area contributed by atoms with E-state index in [2.05, 4.69) is 4.74 Å². The molecular formula is C3H6O2. The lowest BCUT2D eigenvalue weighted by Crippen LogP contribution is -1.88. The standard InChI is InChI=1S/C3H6O2/c1-3(4)5-2/h1-2H3/i1+1. The topological polar surface area (TPSA) is 26.3 Å². The van der Waals surface area contributed by atoms with Gasteiger partial charge in [-0.1, -0.05) is 0 Å². The first-order valence-electron chi connectivity index (χ1n) is 1.32. The molecule has 0 bridgehead atoms. The third-order valence-electron chi connectivity index (χ3n) is 0.287. The molecule has 5 heavy (non-hydrogen) atoms. The second-order valence-electron chi connectivity index (χ2n) is 0.696. The largest absolute Gasteiger partial charge is 0.469 e. The van der Waals surface area contributed by atoms with Crippen molar-refractivity contribution in [1.29, 1.82) is 0 Å². The quantitative estimate of drug-likeness (QED) is 0.303. The minimum absolute atomic E-state index is 0.245. The van der Waals surface area contributed by atoms with E-state index in [1.807, 2.05) is 0 Å². The van der Waals surface area contributed by atoms with Gasteiger partial charge >= 0.3 is 5.97 Å². The molecule has 0 aliphatic carbocycles. The molecule has 0 aromatic carbocycles. The van der Waals surface area contributed by atoms with Crippen LogP contribution in [0.3, 0.4) is 0 Å². The molecule has 0 amide bonds. The Hall–Kier alpha value is -0.530. The maximum absolute atomic E-state index is 9.59. The zero-order valence-electron chi connectivity index (χ0n) is 3.32. The van der Waals surface area contributed by atoms with Crippen LogP contribution in [0.4, 0.5) is 0 Å². The number of carbonyl (C=O) groups is 1. The van der Waals surface area contributed by atoms with E-state index in [4.69, 9.17) is 0 Å². The lowest BCUT2D eigenvalue weighted by molar-refractivity contribution is -0.137. The molecule has 0 N–H and O–H groups in total. The molecule has 2 heteroatoms. The van der Waals surface area contributed by atoms with Gasteiger partial charge in [0.25, 0.3) is 0 Å². The van der Waals surface area contributed by atoms with Crippen LogP contribution >= 0.6 is 0 Å². The summed E-state index contributed by atoms with van der Waals surface area (Å²) in [6.07, 6.45) is 0. The van der Waals surface area contributed by atoms with Gasteiger partial charge in [-0.05, 0) is 0 Å². The smallest absolute Gasteiger partial charge is 0.302 e. The van der Waals surface area contributed by atoms with Gasteiger partial charge in [0.15, 0.2) is 0 Å². The molecule has 0 aromatic rings. The molecule has 30 valence electrons. The van der Waals surface area contributed by atoms with Crippen LogP contribution < -0.4 is 0 Å². The maximum Gasteiger partial charge on any atom is 0.302 e. The molecule has 0 atom stereocenters. The molecule has 0 saturated carbocycles. The minimum Gasteiger partial charge on any atom is -0.469 e. The molecule has 0 saturated heterocycles. The molecule has 2 nitrogen and oxygen atoms in total. The Kier molecular flexibility index (Phi) is 1.57. The number of ether oxygens (including phenoxy) is 1. The van der Waals surface area contributed by atoms with E-state index < -0.39 is 0 Å². The van der Waals surface area contributed by atoms with Crippen LogP contribution in [0.1, 0.15) is 6.92 Å². The summed E-state index contributed by atoms with van der Waals surface area (Å²) in [4.78, 5) is 9.59. The first-order valence-corrected chi connectivity index (χ1v) is 1.32. The third kappa shape index (κ3) is 3.47. The summed E-state index contributed by atoms with van der Waals surface area (Å²) in [6, 6.07) is 0. The first kappa shape index (κ1) is 4.47. The first-order chi connectivity index (χ1) is 2.27. The summed E-state index contributed by atoms with van der Waals surface area (Å²) < 4.78 is 4.11. The molecule has 0 aliphatic rings. The van der Waals surface area contributed by atoms with E-state index >= 15 is 0 Å². The van der Waals surface area contributed by atoms with Crippen LogP contribution in [0.25, 0.3) is 0 Å². The molecular weight excluding hydrogens is 69.0 g/mol. The van der Waals surface area contributed by atoms with Crippen molar-refractivity contribution >= 4 is 5.97 Å². The lowest BCUT2D eigenvalue weighted by atomic mass is 11.1. The van der Waals surface area contributed by atoms with Gasteiger partial charge in [-0.2, -0.15) is 0 Å². The number of methoxy groups -OCH3 is 1. The zero-order valence-corrected chi connectivity index (χ0v) is 3.32. The molecule has 0 spiro atoms. The average molecular weight is 75.1 g/mol. The number of hydrogen-bond donors (Lipinski definition) is 0. The summed E-state index contributed by atoms with van der Waals surface area (Å²) in [5.74, 6) is -0.245. The Morgan fingerprint density at radius 3 is 2.00 bits per heavy atom. The fourth-order valence-corrected chi connectivity index (χ4v) is 0. The van der Waals surface area contributed by atoms with Crippen LogP contribution in [-0.2, 0) is 9.53 Å². The highest BCUT2D eigenvalue weighted by molar-refractivity contribution is 5.65. The van der Waals surface area contributed by atoms with Crippen LogP contribution in [0.15, 0.2) is 0 Å². The summed E-state index contributed by atoms with van der Waals surface area (Å²) >= 11 is 0. The van der Waals surface area contributed by atoms with E-state index in [1.165, 1.54) is 14.0 Å². The van der Waals surface area contributed by atoms with Gasteiger partial charge in [-0.3, -0.25) is 4.79 Å². The number of hydrogen-bond acceptors (Lipinski definition) is 2. The summed E-state index contributed by atoms with van der Waals surface area (Å²) in [5, 5.41) is 0. The normalized spacial score (nSPS) is 6.80. The molecule has 0 radical (unpaired) electrons. The predicted octanol–water partition coefficient (Wildman–Crippen LogP) is 0.179. The van der Waals surface area contributed by atoms with Crippen LogP contribution in [0.5, 0.6) is 0 Å². The van der Waals surface area contributed by atoms with Gasteiger partial charge in [0, 0.05) is 6.92 Å². The van der Waals surface area contributed by atoms with Gasteiger partial charge in [0.1, 0.15) is 0 Å². The zero-order chi connectivity index (χ0) is 4.28. The van der Waals surface area contributed by atoms with Gasteiger partial charge in [-0.25, -0.2) is 0 Å². The molecule has 0 rings (SSSR count). The van der Waals surface area contributed by atoms with E-state index in [0.29, 0.717) is 0 Å². The second-order valence-corrected chi connectivity index (χ2v) is 0.696. The van der Waals surface area contributed by atoms with Crippen molar-refractivity contribution in [2.24, 2.45) is 0 Å². The molecule has 0 aromatic heterocycles. The second kappa shape index (κ2) is 1.76. The van der Waals surface area contributed by atoms with E-state index in [9.17, 15) is 4.79 Å². The van der Waals surface area contributed by atoms with E-state index in [-0.39, 0.29) is 5.97 Å². The Balaban J connectivity index is 2.85. The Bertz CT molecular complexity index is 40.2. The monoisotopic (exact) mass is 75.0 g/mol. The number of carbonyl (C=O) groups excluding carboxylic acids is 1. The summed E-state index contributed by atoms with van der Waals surface area (Å²) in [6.45, 7) is 1.36. The van der Waals surface area contributed by atoms with Crippen molar-refractivity contribution < 1.29 is 9.53 Å².